The lowest BCUT2D eigenvalue weighted by atomic mass is 9.78. The maximum atomic E-state index is 5.55. The molecule has 3 fully saturated rings. The van der Waals surface area contributed by atoms with E-state index in [0.29, 0.717) is 0 Å². The van der Waals surface area contributed by atoms with E-state index >= 15 is 0 Å². The van der Waals surface area contributed by atoms with Crippen molar-refractivity contribution >= 4 is 0 Å². The number of nitrogens with zero attached hydrogens (tertiary/aromatic N) is 1. The van der Waals surface area contributed by atoms with Gasteiger partial charge in [0.1, 0.15) is 0 Å². The molecule has 2 bridgehead atoms. The van der Waals surface area contributed by atoms with E-state index in [1.54, 1.807) is 0 Å². The summed E-state index contributed by atoms with van der Waals surface area (Å²) < 4.78 is 5.55. The van der Waals surface area contributed by atoms with Crippen LogP contribution in [0.25, 0.3) is 0 Å². The second kappa shape index (κ2) is 6.76. The number of fused-ring (bicyclic) bond motifs is 2. The van der Waals surface area contributed by atoms with Crippen molar-refractivity contribution in [3.8, 4) is 0 Å². The highest BCUT2D eigenvalue weighted by atomic mass is 16.5. The predicted octanol–water partition coefficient (Wildman–Crippen LogP) is 2.80. The number of nitrogens with one attached hydrogen (secondary N) is 1. The minimum Gasteiger partial charge on any atom is -0.381 e. The lowest BCUT2D eigenvalue weighted by Gasteiger charge is -2.53. The van der Waals surface area contributed by atoms with Crippen LogP contribution in [0.2, 0.25) is 0 Å². The van der Waals surface area contributed by atoms with Crippen LogP contribution >= 0.6 is 0 Å². The van der Waals surface area contributed by atoms with Crippen LogP contribution in [0.4, 0.5) is 0 Å². The molecule has 3 atom stereocenters. The van der Waals surface area contributed by atoms with Gasteiger partial charge in [-0.15, -0.1) is 0 Å². The third-order valence-corrected chi connectivity index (χ3v) is 5.94. The zero-order chi connectivity index (χ0) is 13.9. The molecule has 0 spiro atoms. The molecule has 0 saturated carbocycles. The van der Waals surface area contributed by atoms with Crippen LogP contribution in [0.3, 0.4) is 0 Å². The standard InChI is InChI=1S/C17H32N2O/c1-3-18-15-11-16-5-4-6-17(12-15)19(16)13(2)14-7-9-20-10-8-14/h13-18H,3-12H2,1-2H3. The Bertz CT molecular complexity index is 289. The fourth-order valence-electron chi connectivity index (χ4n) is 4.98. The minimum absolute atomic E-state index is 0.761. The molecule has 3 aliphatic heterocycles. The smallest absolute Gasteiger partial charge is 0.0469 e. The molecule has 3 nitrogen and oxygen atoms in total. The summed E-state index contributed by atoms with van der Waals surface area (Å²) in [5.74, 6) is 0.863. The summed E-state index contributed by atoms with van der Waals surface area (Å²) in [6.45, 7) is 7.83. The van der Waals surface area contributed by atoms with Crippen molar-refractivity contribution in [3.63, 3.8) is 0 Å². The van der Waals surface area contributed by atoms with Crippen molar-refractivity contribution in [1.29, 1.82) is 0 Å². The van der Waals surface area contributed by atoms with Gasteiger partial charge in [0.15, 0.2) is 0 Å². The molecule has 20 heavy (non-hydrogen) atoms. The summed E-state index contributed by atoms with van der Waals surface area (Å²) in [4.78, 5) is 2.92. The number of rotatable bonds is 4. The molecular weight excluding hydrogens is 248 g/mol. The molecule has 3 heteroatoms. The number of piperidine rings is 2. The first-order chi connectivity index (χ1) is 9.79. The van der Waals surface area contributed by atoms with Crippen LogP contribution in [-0.2, 0) is 4.74 Å². The molecule has 3 rings (SSSR count). The SMILES string of the molecule is CCNC1CC2CCCC(C1)N2C(C)C1CCOCC1. The highest BCUT2D eigenvalue weighted by molar-refractivity contribution is 4.98. The van der Waals surface area contributed by atoms with Gasteiger partial charge in [-0.1, -0.05) is 13.3 Å². The van der Waals surface area contributed by atoms with Crippen molar-refractivity contribution in [3.05, 3.63) is 0 Å². The first kappa shape index (κ1) is 14.8. The summed E-state index contributed by atoms with van der Waals surface area (Å²) in [5, 5.41) is 3.71. The Morgan fingerprint density at radius 3 is 2.35 bits per heavy atom. The number of ether oxygens (including phenoxy) is 1. The Morgan fingerprint density at radius 2 is 1.75 bits per heavy atom. The normalized spacial score (nSPS) is 37.8. The van der Waals surface area contributed by atoms with E-state index in [4.69, 9.17) is 4.74 Å². The monoisotopic (exact) mass is 280 g/mol. The van der Waals surface area contributed by atoms with Crippen molar-refractivity contribution in [2.24, 2.45) is 5.92 Å². The average Bonchev–Trinajstić information content (AvgIpc) is 2.47. The van der Waals surface area contributed by atoms with Crippen LogP contribution in [0.5, 0.6) is 0 Å². The first-order valence-corrected chi connectivity index (χ1v) is 8.88. The molecule has 3 aliphatic rings. The molecule has 3 heterocycles. The van der Waals surface area contributed by atoms with Crippen molar-refractivity contribution in [1.82, 2.24) is 10.2 Å². The Balaban J connectivity index is 1.66. The Hall–Kier alpha value is -0.120. The molecule has 3 saturated heterocycles. The van der Waals surface area contributed by atoms with Crippen LogP contribution in [-0.4, -0.2) is 48.8 Å². The Labute approximate surface area is 124 Å². The molecule has 0 radical (unpaired) electrons. The van der Waals surface area contributed by atoms with E-state index in [1.165, 1.54) is 44.9 Å². The van der Waals surface area contributed by atoms with Crippen molar-refractivity contribution in [2.45, 2.75) is 83.0 Å². The summed E-state index contributed by atoms with van der Waals surface area (Å²) in [6.07, 6.45) is 9.58. The van der Waals surface area contributed by atoms with Crippen LogP contribution in [0, 0.1) is 5.92 Å². The van der Waals surface area contributed by atoms with Gasteiger partial charge in [-0.25, -0.2) is 0 Å². The second-order valence-electron chi connectivity index (χ2n) is 7.10. The molecule has 3 unspecified atom stereocenters. The second-order valence-corrected chi connectivity index (χ2v) is 7.10. The van der Waals surface area contributed by atoms with Gasteiger partial charge in [0.25, 0.3) is 0 Å². The summed E-state index contributed by atoms with van der Waals surface area (Å²) in [7, 11) is 0. The van der Waals surface area contributed by atoms with Crippen molar-refractivity contribution < 1.29 is 4.74 Å². The Kier molecular flexibility index (Phi) is 5.00. The fraction of sp³-hybridized carbons (Fsp3) is 1.00. The number of hydrogen-bond acceptors (Lipinski definition) is 3. The molecule has 1 N–H and O–H groups in total. The molecule has 0 aromatic heterocycles. The van der Waals surface area contributed by atoms with E-state index < -0.39 is 0 Å². The van der Waals surface area contributed by atoms with Gasteiger partial charge in [-0.2, -0.15) is 0 Å². The maximum Gasteiger partial charge on any atom is 0.0469 e. The Morgan fingerprint density at radius 1 is 1.10 bits per heavy atom. The minimum atomic E-state index is 0.761. The third kappa shape index (κ3) is 3.05. The van der Waals surface area contributed by atoms with Gasteiger partial charge in [-0.05, 0) is 57.9 Å². The topological polar surface area (TPSA) is 24.5 Å². The van der Waals surface area contributed by atoms with Gasteiger partial charge in [0.05, 0.1) is 0 Å². The molecule has 116 valence electrons. The maximum absolute atomic E-state index is 5.55. The summed E-state index contributed by atoms with van der Waals surface area (Å²) >= 11 is 0. The van der Waals surface area contributed by atoms with E-state index in [0.717, 1.165) is 49.8 Å². The van der Waals surface area contributed by atoms with E-state index in [2.05, 4.69) is 24.1 Å². The molecule has 0 amide bonds. The van der Waals surface area contributed by atoms with E-state index in [-0.39, 0.29) is 0 Å². The first-order valence-electron chi connectivity index (χ1n) is 8.88. The summed E-state index contributed by atoms with van der Waals surface area (Å²) in [5.41, 5.74) is 0. The molecular formula is C17H32N2O. The average molecular weight is 280 g/mol. The lowest BCUT2D eigenvalue weighted by molar-refractivity contribution is -0.0454. The van der Waals surface area contributed by atoms with Crippen LogP contribution in [0.1, 0.15) is 58.8 Å². The van der Waals surface area contributed by atoms with Gasteiger partial charge < -0.3 is 10.1 Å². The highest BCUT2D eigenvalue weighted by Gasteiger charge is 2.42. The molecule has 0 aliphatic carbocycles. The fourth-order valence-corrected chi connectivity index (χ4v) is 4.98. The lowest BCUT2D eigenvalue weighted by Crippen LogP contribution is -2.60. The van der Waals surface area contributed by atoms with Gasteiger partial charge in [-0.3, -0.25) is 4.90 Å². The van der Waals surface area contributed by atoms with Crippen LogP contribution in [0.15, 0.2) is 0 Å². The quantitative estimate of drug-likeness (QED) is 0.857. The third-order valence-electron chi connectivity index (χ3n) is 5.94. The van der Waals surface area contributed by atoms with Gasteiger partial charge in [0.2, 0.25) is 0 Å². The summed E-state index contributed by atoms with van der Waals surface area (Å²) in [6, 6.07) is 3.21. The zero-order valence-corrected chi connectivity index (χ0v) is 13.3. The number of hydrogen-bond donors (Lipinski definition) is 1. The highest BCUT2D eigenvalue weighted by Crippen LogP contribution is 2.38. The van der Waals surface area contributed by atoms with E-state index in [1.807, 2.05) is 0 Å². The zero-order valence-electron chi connectivity index (χ0n) is 13.3. The van der Waals surface area contributed by atoms with Crippen LogP contribution < -0.4 is 5.32 Å². The van der Waals surface area contributed by atoms with Crippen molar-refractivity contribution in [2.75, 3.05) is 19.8 Å². The van der Waals surface area contributed by atoms with Gasteiger partial charge >= 0.3 is 0 Å². The van der Waals surface area contributed by atoms with E-state index in [9.17, 15) is 0 Å². The predicted molar refractivity (Wildman–Crippen MR) is 83.0 cm³/mol. The molecule has 0 aromatic rings. The largest absolute Gasteiger partial charge is 0.381 e. The molecule has 0 aromatic carbocycles. The van der Waals surface area contributed by atoms with Gasteiger partial charge in [0, 0.05) is 37.4 Å².